The van der Waals surface area contributed by atoms with Gasteiger partial charge in [-0.2, -0.15) is 17.1 Å². The third kappa shape index (κ3) is 13.4. The summed E-state index contributed by atoms with van der Waals surface area (Å²) >= 11 is 0. The maximum Gasteiger partial charge on any atom is 0.472 e. The van der Waals surface area contributed by atoms with Crippen molar-refractivity contribution in [1.82, 2.24) is 24.8 Å². The van der Waals surface area contributed by atoms with Gasteiger partial charge in [-0.25, -0.2) is 19.5 Å². The maximum absolute atomic E-state index is 14.2. The number of carbonyl (C=O) groups is 7. The zero-order valence-corrected chi connectivity index (χ0v) is 53.2. The molecule has 0 aromatic carbocycles. The van der Waals surface area contributed by atoms with Crippen LogP contribution in [-0.2, 0) is 68.7 Å². The third-order valence-electron chi connectivity index (χ3n) is 20.2. The Kier molecular flexibility index (Phi) is 20.9. The number of imidazole rings is 1. The summed E-state index contributed by atoms with van der Waals surface area (Å²) in [6.07, 6.45) is -2.28. The van der Waals surface area contributed by atoms with E-state index >= 15 is 0 Å². The molecule has 8 heterocycles. The minimum Gasteiger partial charge on any atom is -0.685 e. The number of nitrogen functional groups attached to an aromatic ring is 1. The third-order valence-corrected chi connectivity index (χ3v) is 21.2. The van der Waals surface area contributed by atoms with Crippen molar-refractivity contribution in [3.8, 4) is 0 Å². The monoisotopic (exact) mass is 1310 g/mol. The van der Waals surface area contributed by atoms with E-state index in [0.717, 1.165) is 0 Å². The Bertz CT molecular complexity index is 3260. The number of fused-ring (bicyclic) bond motifs is 10. The number of nitrogens with two attached hydrogens (primary N) is 7. The first-order valence-corrected chi connectivity index (χ1v) is 31.0. The number of allylic oxidation sites excluding steroid dienone is 3. The van der Waals surface area contributed by atoms with E-state index < -0.39 is 162 Å². The Labute approximate surface area is 526 Å². The Morgan fingerprint density at radius 2 is 1.44 bits per heavy atom. The molecule has 2 aromatic rings. The van der Waals surface area contributed by atoms with Gasteiger partial charge in [0.2, 0.25) is 41.4 Å². The number of phosphoric acid groups is 1. The Balaban J connectivity index is 0.0000113. The molecule has 5 fully saturated rings. The summed E-state index contributed by atoms with van der Waals surface area (Å²) in [5, 5.41) is 46.5. The van der Waals surface area contributed by atoms with E-state index in [1.807, 2.05) is 61.5 Å². The van der Waals surface area contributed by atoms with E-state index in [1.54, 1.807) is 0 Å². The van der Waals surface area contributed by atoms with Crippen LogP contribution >= 0.6 is 7.82 Å². The average molecular weight is 1310 g/mol. The predicted molar refractivity (Wildman–Crippen MR) is 319 cm³/mol. The van der Waals surface area contributed by atoms with Gasteiger partial charge in [0, 0.05) is 68.3 Å². The summed E-state index contributed by atoms with van der Waals surface area (Å²) in [7, 11) is -5.05. The first kappa shape index (κ1) is 70.2. The molecule has 18 N–H and O–H groups in total. The van der Waals surface area contributed by atoms with Crippen LogP contribution in [-0.4, -0.2) is 144 Å². The molecule has 32 heteroatoms. The molecule has 8 bridgehead atoms. The molecule has 6 aliphatic heterocycles. The molecule has 4 unspecified atom stereocenters. The van der Waals surface area contributed by atoms with E-state index in [1.165, 1.54) is 17.2 Å². The number of amides is 7. The normalized spacial score (nSPS) is 36.5. The molecule has 1 radical (unpaired) electrons. The molecular weight excluding hydrogens is 1220 g/mol. The van der Waals surface area contributed by atoms with E-state index in [2.05, 4.69) is 20.3 Å². The number of phosphoric ester groups is 1. The van der Waals surface area contributed by atoms with Crippen molar-refractivity contribution in [1.29, 1.82) is 0 Å². The van der Waals surface area contributed by atoms with Crippen LogP contribution in [0.2, 0.25) is 0 Å². The number of hydrogen-bond acceptors (Lipinski definition) is 17. The SMILES string of the molecule is C/C1=C2/[N-][C@H]([C@H](CC(N)=O)[C@@]2(C)CCC(=O)NCCOP(=O)(O)O[C@H]2[C@@H](O)[C@@H](n3cnc4ncnc(N)c43)O[C@@H]2CO)[C@]2(C)[N-]/C(=C(/C)C3[N-]/C(=C\C4[N-]C1[C@@H](CCC(N)=O)C4(C)C)[C@@H](CCC(N)=O)[C@]3(C)CC(N)=O)[C@@H](CCC(N)=O)[C@]2(C)CC(N)=O.[Co]. The van der Waals surface area contributed by atoms with Crippen molar-refractivity contribution in [3.63, 3.8) is 0 Å². The molecule has 7 amide bonds. The first-order valence-electron chi connectivity index (χ1n) is 29.5. The van der Waals surface area contributed by atoms with E-state index in [0.29, 0.717) is 28.2 Å². The number of primary amides is 6. The molecule has 0 spiro atoms. The molecule has 0 saturated carbocycles. The summed E-state index contributed by atoms with van der Waals surface area (Å²) in [4.78, 5) is 116. The van der Waals surface area contributed by atoms with Crippen molar-refractivity contribution in [2.45, 2.75) is 180 Å². The number of nitrogens with zero attached hydrogens (tertiary/aromatic N) is 8. The van der Waals surface area contributed by atoms with E-state index in [4.69, 9.17) is 75.2 Å². The van der Waals surface area contributed by atoms with Gasteiger partial charge < -0.3 is 86.6 Å². The van der Waals surface area contributed by atoms with Gasteiger partial charge in [0.15, 0.2) is 17.7 Å². The summed E-state index contributed by atoms with van der Waals surface area (Å²) in [5.41, 5.74) is 39.3. The molecule has 6 aliphatic rings. The zero-order valence-electron chi connectivity index (χ0n) is 51.3. The smallest absolute Gasteiger partial charge is 0.472 e. The minimum absolute atomic E-state index is 0. The van der Waals surface area contributed by atoms with E-state index in [9.17, 15) is 53.2 Å². The fourth-order valence-electron chi connectivity index (χ4n) is 15.5. The average Bonchev–Trinajstić information content (AvgIpc) is 1.54. The summed E-state index contributed by atoms with van der Waals surface area (Å²) < 4.78 is 31.2. The molecule has 8 rings (SSSR count). The van der Waals surface area contributed by atoms with Crippen molar-refractivity contribution in [3.05, 3.63) is 68.2 Å². The Morgan fingerprint density at radius 3 is 2.04 bits per heavy atom. The van der Waals surface area contributed by atoms with Crippen LogP contribution < -0.4 is 45.5 Å². The number of nitrogens with one attached hydrogen (secondary N) is 1. The Morgan fingerprint density at radius 1 is 0.809 bits per heavy atom. The summed E-state index contributed by atoms with van der Waals surface area (Å²) in [6, 6.07) is -3.21. The molecule has 89 heavy (non-hydrogen) atoms. The van der Waals surface area contributed by atoms with Crippen molar-refractivity contribution < 1.29 is 83.8 Å². The summed E-state index contributed by atoms with van der Waals surface area (Å²) in [6.45, 7) is 13.5. The predicted octanol–water partition coefficient (Wildman–Crippen LogP) is 2.22. The van der Waals surface area contributed by atoms with Gasteiger partial charge in [-0.1, -0.05) is 47.6 Å². The fraction of sp³-hybridized carbons (Fsp3) is 0.684. The van der Waals surface area contributed by atoms with Crippen molar-refractivity contribution in [2.75, 3.05) is 25.5 Å². The second-order valence-corrected chi connectivity index (χ2v) is 27.5. The number of aromatic nitrogens is 4. The standard InChI is InChI=1S/C57H85N16O14P.Co/c1-26-42-29(10-13-36(59)76)53(3,4)34(70-42)20-32-28(9-12-35(58)75)55(6,21-39(62)79)48(69-32)27(2)43-30(11-14-37(60)77)56(7,22-40(63)80)57(8,72-43)49-31(19-38(61)78)54(5,47(26)71-49)16-15-41(81)65-17-18-85-88(83,84)87-46-33(23-74)86-52(45(46)82)73-25-68-51-44(73)50(64)66-24-67-51;/h20,24-25,28-31,33-34,42,45-46,48-49,52,74,82H,9-19,21-23H2,1-8H3,(H2,58,75)(H2,59,76)(H2,60,77)(H2,61,78)(H2,62,79)(H2,63,80)(H,65,81)(H,83,84)(H2,64,66,67);/q-4;/b32-20-,43-27-,47-26-;/t28-,29-,30-,31+,33-,34?,42?,45-,46-,48?,49-,52+,54-,55+,56+,57+;/m1./s1. The molecule has 495 valence electrons. The maximum atomic E-state index is 14.2. The molecule has 30 nitrogen and oxygen atoms in total. The number of aliphatic hydroxyl groups excluding tert-OH is 2. The number of aliphatic hydroxyl groups is 2. The molecule has 5 saturated heterocycles. The van der Waals surface area contributed by atoms with Crippen LogP contribution in [0.5, 0.6) is 0 Å². The second kappa shape index (κ2) is 26.5. The van der Waals surface area contributed by atoms with Crippen molar-refractivity contribution >= 4 is 66.2 Å². The fourth-order valence-corrected chi connectivity index (χ4v) is 16.4. The molecular formula is C57H85CoN16O14P-4. The van der Waals surface area contributed by atoms with Crippen LogP contribution in [0.4, 0.5) is 5.82 Å². The van der Waals surface area contributed by atoms with E-state index in [-0.39, 0.29) is 111 Å². The van der Waals surface area contributed by atoms with Gasteiger partial charge in [0.1, 0.15) is 36.5 Å². The first-order chi connectivity index (χ1) is 41.0. The van der Waals surface area contributed by atoms with Crippen LogP contribution in [0.25, 0.3) is 32.4 Å². The van der Waals surface area contributed by atoms with Crippen LogP contribution in [0.15, 0.2) is 47.0 Å². The Hall–Kier alpha value is -6.28. The zero-order chi connectivity index (χ0) is 65.0. The van der Waals surface area contributed by atoms with Gasteiger partial charge in [-0.15, -0.1) is 40.9 Å². The van der Waals surface area contributed by atoms with Gasteiger partial charge in [0.05, 0.1) is 13.2 Å². The van der Waals surface area contributed by atoms with Gasteiger partial charge >= 0.3 is 7.82 Å². The van der Waals surface area contributed by atoms with Gasteiger partial charge in [0.25, 0.3) is 0 Å². The van der Waals surface area contributed by atoms with Crippen molar-refractivity contribution in [2.24, 2.45) is 79.7 Å². The number of anilines is 1. The van der Waals surface area contributed by atoms with Crippen LogP contribution in [0.3, 0.4) is 0 Å². The van der Waals surface area contributed by atoms with Crippen LogP contribution in [0, 0.1) is 45.3 Å². The largest absolute Gasteiger partial charge is 0.685 e. The molecule has 17 atom stereocenters. The quantitative estimate of drug-likeness (QED) is 0.0475. The minimum atomic E-state index is -5.05. The molecule has 2 aromatic heterocycles. The number of carbonyl (C=O) groups excluding carboxylic acids is 7. The second-order valence-electron chi connectivity index (χ2n) is 26.1. The number of rotatable bonds is 26. The number of hydrogen-bond donors (Lipinski definition) is 11. The number of ether oxygens (including phenoxy) is 1. The van der Waals surface area contributed by atoms with Crippen LogP contribution in [0.1, 0.15) is 132 Å². The summed E-state index contributed by atoms with van der Waals surface area (Å²) in [5.74, 6) is -7.03. The van der Waals surface area contributed by atoms with Gasteiger partial charge in [-0.3, -0.25) is 47.2 Å². The molecule has 0 aliphatic carbocycles. The van der Waals surface area contributed by atoms with Gasteiger partial charge in [-0.05, 0) is 84.9 Å². The topological polar surface area (TPSA) is 519 Å².